The molecule has 14 heteroatoms. The molecule has 0 unspecified atom stereocenters. The largest absolute Gasteiger partial charge is 0.493 e. The zero-order chi connectivity index (χ0) is 33.9. The van der Waals surface area contributed by atoms with Crippen LogP contribution in [0.3, 0.4) is 0 Å². The van der Waals surface area contributed by atoms with Crippen molar-refractivity contribution in [2.75, 3.05) is 33.9 Å². The molecule has 0 fully saturated rings. The summed E-state index contributed by atoms with van der Waals surface area (Å²) in [6.45, 7) is 6.59. The van der Waals surface area contributed by atoms with Crippen molar-refractivity contribution in [1.29, 1.82) is 0 Å². The van der Waals surface area contributed by atoms with Gasteiger partial charge in [-0.3, -0.25) is 19.2 Å². The number of nitrogens with zero attached hydrogens (tertiary/aromatic N) is 4. The maximum absolute atomic E-state index is 13.6. The summed E-state index contributed by atoms with van der Waals surface area (Å²) in [5, 5.41) is 13.5. The average molecular weight is 651 g/mol. The topological polar surface area (TPSA) is 173 Å². The van der Waals surface area contributed by atoms with Gasteiger partial charge < -0.3 is 35.3 Å². The summed E-state index contributed by atoms with van der Waals surface area (Å²) < 4.78 is 12.3. The Morgan fingerprint density at radius 2 is 1.81 bits per heavy atom. The van der Waals surface area contributed by atoms with Gasteiger partial charge in [0.1, 0.15) is 24.1 Å². The lowest BCUT2D eigenvalue weighted by atomic mass is 9.97. The van der Waals surface area contributed by atoms with Crippen LogP contribution in [0, 0.1) is 5.92 Å². The highest BCUT2D eigenvalue weighted by atomic mass is 16.5. The van der Waals surface area contributed by atoms with Gasteiger partial charge in [-0.2, -0.15) is 5.10 Å². The van der Waals surface area contributed by atoms with Gasteiger partial charge >= 0.3 is 0 Å². The Bertz CT molecular complexity index is 1520. The van der Waals surface area contributed by atoms with Crippen LogP contribution in [-0.2, 0) is 27.3 Å². The minimum atomic E-state index is -0.781. The lowest BCUT2D eigenvalue weighted by molar-refractivity contribution is -0.130. The minimum Gasteiger partial charge on any atom is -0.493 e. The monoisotopic (exact) mass is 650 g/mol. The first kappa shape index (κ1) is 35.0. The Morgan fingerprint density at radius 3 is 2.51 bits per heavy atom. The van der Waals surface area contributed by atoms with Crippen LogP contribution in [0.25, 0.3) is 0 Å². The summed E-state index contributed by atoms with van der Waals surface area (Å²) in [6, 6.07) is 7.58. The first-order valence-electron chi connectivity index (χ1n) is 16.1. The predicted octanol–water partition coefficient (Wildman–Crippen LogP) is 2.36. The van der Waals surface area contributed by atoms with E-state index < -0.39 is 12.1 Å². The van der Waals surface area contributed by atoms with E-state index in [9.17, 15) is 19.2 Å². The number of aromatic nitrogens is 4. The van der Waals surface area contributed by atoms with Gasteiger partial charge in [0, 0.05) is 38.7 Å². The zero-order valence-electron chi connectivity index (χ0n) is 27.8. The number of rotatable bonds is 7. The molecule has 2 aromatic heterocycles. The number of carbonyl (C=O) groups excluding carboxylic acids is 4. The molecule has 3 atom stereocenters. The molecule has 14 nitrogen and oxygen atoms in total. The third kappa shape index (κ3) is 9.33. The highest BCUT2D eigenvalue weighted by molar-refractivity contribution is 5.92. The third-order valence-corrected chi connectivity index (χ3v) is 8.28. The molecular weight excluding hydrogens is 604 g/mol. The first-order valence-corrected chi connectivity index (χ1v) is 16.1. The smallest absolute Gasteiger partial charge is 0.270 e. The van der Waals surface area contributed by atoms with Crippen molar-refractivity contribution in [2.45, 2.75) is 71.5 Å². The van der Waals surface area contributed by atoms with E-state index >= 15 is 0 Å². The van der Waals surface area contributed by atoms with Crippen LogP contribution < -0.4 is 25.4 Å². The van der Waals surface area contributed by atoms with E-state index in [1.807, 2.05) is 26.0 Å². The van der Waals surface area contributed by atoms with E-state index in [1.54, 1.807) is 50.4 Å². The van der Waals surface area contributed by atoms with Gasteiger partial charge in [0.2, 0.25) is 17.7 Å². The Hall–Kier alpha value is -4.88. The SMILES string of the molecule is CC[C@H](C)[C@@H]1NC(=O)CCCN(C(=O)c2ccc[nH]2)CCCNC(=O)Cn2nc(Cc3ccc(OC)c(OC)c3)nc2[C@@H](C)NC1=O. The summed E-state index contributed by atoms with van der Waals surface area (Å²) in [5.41, 5.74) is 1.32. The van der Waals surface area contributed by atoms with Gasteiger partial charge in [0.25, 0.3) is 5.91 Å². The fourth-order valence-electron chi connectivity index (χ4n) is 5.47. The Balaban J connectivity index is 1.60. The van der Waals surface area contributed by atoms with Crippen LogP contribution >= 0.6 is 0 Å². The predicted molar refractivity (Wildman–Crippen MR) is 174 cm³/mol. The summed E-state index contributed by atoms with van der Waals surface area (Å²) >= 11 is 0. The molecule has 0 aliphatic carbocycles. The standard InChI is InChI=1S/C33H46N8O6/c1-6-21(2)30-32(44)36-22(3)31-37-27(19-23-12-13-25(46-4)26(18-23)47-5)39-41(31)20-29(43)35-15-9-17-40(16-8-11-28(42)38-30)33(45)24-10-7-14-34-24/h7,10,12-14,18,21-22,30,34H,6,8-9,11,15-17,19-20H2,1-5H3,(H,35,43)(H,36,44)(H,38,42)/t21-,22+,30-/m0/s1. The maximum Gasteiger partial charge on any atom is 0.270 e. The second kappa shape index (κ2) is 16.6. The van der Waals surface area contributed by atoms with E-state index in [0.29, 0.717) is 74.2 Å². The molecule has 0 saturated heterocycles. The van der Waals surface area contributed by atoms with Gasteiger partial charge in [-0.05, 0) is 55.5 Å². The molecule has 0 radical (unpaired) electrons. The van der Waals surface area contributed by atoms with Crippen molar-refractivity contribution in [3.8, 4) is 11.5 Å². The number of hydrogen-bond donors (Lipinski definition) is 4. The molecule has 0 spiro atoms. The van der Waals surface area contributed by atoms with Gasteiger partial charge in [0.05, 0.1) is 20.3 Å². The highest BCUT2D eigenvalue weighted by Gasteiger charge is 2.29. The third-order valence-electron chi connectivity index (χ3n) is 8.28. The highest BCUT2D eigenvalue weighted by Crippen LogP contribution is 2.28. The maximum atomic E-state index is 13.6. The van der Waals surface area contributed by atoms with Crippen molar-refractivity contribution in [2.24, 2.45) is 5.92 Å². The second-order valence-electron chi connectivity index (χ2n) is 11.8. The molecule has 3 heterocycles. The number of benzene rings is 1. The van der Waals surface area contributed by atoms with E-state index in [2.05, 4.69) is 26.0 Å². The number of aromatic amines is 1. The molecule has 1 aliphatic rings. The van der Waals surface area contributed by atoms with Gasteiger partial charge in [-0.25, -0.2) is 9.67 Å². The van der Waals surface area contributed by atoms with Gasteiger partial charge in [-0.15, -0.1) is 0 Å². The normalized spacial score (nSPS) is 19.3. The van der Waals surface area contributed by atoms with Crippen molar-refractivity contribution in [3.05, 3.63) is 59.4 Å². The molecule has 4 N–H and O–H groups in total. The number of amides is 4. The molecular formula is C33H46N8O6. The Morgan fingerprint density at radius 1 is 1.04 bits per heavy atom. The van der Waals surface area contributed by atoms with Crippen LogP contribution in [0.5, 0.6) is 11.5 Å². The number of fused-ring (bicyclic) bond motifs is 1. The van der Waals surface area contributed by atoms with Crippen LogP contribution in [0.1, 0.15) is 80.2 Å². The molecule has 47 heavy (non-hydrogen) atoms. The lowest BCUT2D eigenvalue weighted by Gasteiger charge is -2.26. The molecule has 4 amide bonds. The second-order valence-corrected chi connectivity index (χ2v) is 11.8. The Labute approximate surface area is 275 Å². The molecule has 1 aromatic carbocycles. The van der Waals surface area contributed by atoms with E-state index in [0.717, 1.165) is 5.56 Å². The molecule has 1 aliphatic heterocycles. The quantitative estimate of drug-likeness (QED) is 0.302. The van der Waals surface area contributed by atoms with Crippen LogP contribution in [0.4, 0.5) is 0 Å². The van der Waals surface area contributed by atoms with Crippen molar-refractivity contribution < 1.29 is 28.7 Å². The molecule has 4 rings (SSSR count). The number of nitrogens with one attached hydrogen (secondary N) is 4. The number of hydrogen-bond acceptors (Lipinski definition) is 8. The number of methoxy groups -OCH3 is 2. The fraction of sp³-hybridized carbons (Fsp3) is 0.515. The summed E-state index contributed by atoms with van der Waals surface area (Å²) in [7, 11) is 3.13. The van der Waals surface area contributed by atoms with Crippen LogP contribution in [0.2, 0.25) is 0 Å². The number of H-pyrrole nitrogens is 1. The minimum absolute atomic E-state index is 0.120. The van der Waals surface area contributed by atoms with Gasteiger partial charge in [-0.1, -0.05) is 26.3 Å². The van der Waals surface area contributed by atoms with E-state index in [4.69, 9.17) is 14.5 Å². The zero-order valence-corrected chi connectivity index (χ0v) is 27.8. The molecule has 3 aromatic rings. The summed E-state index contributed by atoms with van der Waals surface area (Å²) in [4.78, 5) is 62.2. The molecule has 0 bridgehead atoms. The summed E-state index contributed by atoms with van der Waals surface area (Å²) in [6.07, 6.45) is 3.77. The first-order chi connectivity index (χ1) is 22.6. The fourth-order valence-corrected chi connectivity index (χ4v) is 5.47. The number of ether oxygens (including phenoxy) is 2. The summed E-state index contributed by atoms with van der Waals surface area (Å²) in [5.74, 6) is 0.797. The Kier molecular flexibility index (Phi) is 12.4. The average Bonchev–Trinajstić information content (AvgIpc) is 3.74. The molecule has 0 saturated carbocycles. The van der Waals surface area contributed by atoms with Crippen LogP contribution in [-0.4, -0.2) is 88.2 Å². The van der Waals surface area contributed by atoms with Gasteiger partial charge in [0.15, 0.2) is 17.3 Å². The van der Waals surface area contributed by atoms with Crippen molar-refractivity contribution in [3.63, 3.8) is 0 Å². The lowest BCUT2D eigenvalue weighted by Crippen LogP contribution is -2.51. The van der Waals surface area contributed by atoms with E-state index in [-0.39, 0.29) is 42.5 Å². The van der Waals surface area contributed by atoms with Crippen molar-refractivity contribution >= 4 is 23.6 Å². The van der Waals surface area contributed by atoms with Crippen LogP contribution in [0.15, 0.2) is 36.5 Å². The number of carbonyl (C=O) groups is 4. The van der Waals surface area contributed by atoms with E-state index in [1.165, 1.54) is 4.68 Å². The van der Waals surface area contributed by atoms with Crippen molar-refractivity contribution in [1.82, 2.24) is 40.6 Å². The molecule has 254 valence electrons.